The van der Waals surface area contributed by atoms with Crippen LogP contribution in [0.25, 0.3) is 0 Å². The van der Waals surface area contributed by atoms with Gasteiger partial charge >= 0.3 is 0 Å². The summed E-state index contributed by atoms with van der Waals surface area (Å²) >= 11 is 0. The molecule has 2 heterocycles. The lowest BCUT2D eigenvalue weighted by atomic mass is 10.0. The molecule has 1 aromatic rings. The van der Waals surface area contributed by atoms with Crippen LogP contribution in [0.15, 0.2) is 29.3 Å². The van der Waals surface area contributed by atoms with E-state index in [0.717, 1.165) is 58.5 Å². The number of aliphatic imine (C=N–C) groups is 1. The van der Waals surface area contributed by atoms with Crippen LogP contribution in [0, 0.1) is 12.8 Å². The summed E-state index contributed by atoms with van der Waals surface area (Å²) in [4.78, 5) is 9.45. The van der Waals surface area contributed by atoms with E-state index in [1.165, 1.54) is 11.1 Å². The second-order valence-corrected chi connectivity index (χ2v) is 8.05. The third-order valence-corrected chi connectivity index (χ3v) is 5.87. The van der Waals surface area contributed by atoms with Gasteiger partial charge in [0.25, 0.3) is 0 Å². The fraction of sp³-hybridized carbons (Fsp3) is 0.682. The Balaban J connectivity index is 0.00000300. The second kappa shape index (κ2) is 12.1. The van der Waals surface area contributed by atoms with Gasteiger partial charge in [-0.05, 0) is 24.0 Å². The topological polar surface area (TPSA) is 49.3 Å². The number of benzene rings is 1. The van der Waals surface area contributed by atoms with E-state index < -0.39 is 0 Å². The van der Waals surface area contributed by atoms with Crippen molar-refractivity contribution >= 4 is 29.9 Å². The van der Waals surface area contributed by atoms with Gasteiger partial charge in [0.1, 0.15) is 6.10 Å². The summed E-state index contributed by atoms with van der Waals surface area (Å²) in [7, 11) is 1.87. The molecule has 2 atom stereocenters. The molecule has 1 N–H and O–H groups in total. The highest BCUT2D eigenvalue weighted by molar-refractivity contribution is 14.0. The monoisotopic (exact) mass is 516 g/mol. The molecule has 7 heteroatoms. The van der Waals surface area contributed by atoms with E-state index in [1.54, 1.807) is 0 Å². The minimum Gasteiger partial charge on any atom is -0.379 e. The van der Waals surface area contributed by atoms with Crippen LogP contribution in [0.5, 0.6) is 0 Å². The maximum absolute atomic E-state index is 6.08. The molecule has 3 rings (SSSR count). The Morgan fingerprint density at radius 1 is 1.17 bits per heavy atom. The highest BCUT2D eigenvalue weighted by atomic mass is 127. The molecule has 0 amide bonds. The van der Waals surface area contributed by atoms with Crippen molar-refractivity contribution in [2.75, 3.05) is 59.6 Å². The van der Waals surface area contributed by atoms with Gasteiger partial charge in [-0.25, -0.2) is 0 Å². The highest BCUT2D eigenvalue weighted by Crippen LogP contribution is 2.25. The summed E-state index contributed by atoms with van der Waals surface area (Å²) < 4.78 is 11.6. The first-order valence-corrected chi connectivity index (χ1v) is 10.5. The Kier molecular flexibility index (Phi) is 10.1. The first-order valence-electron chi connectivity index (χ1n) is 10.5. The van der Waals surface area contributed by atoms with Crippen LogP contribution in [0.4, 0.5) is 0 Å². The summed E-state index contributed by atoms with van der Waals surface area (Å²) in [5, 5.41) is 3.64. The van der Waals surface area contributed by atoms with Crippen molar-refractivity contribution in [1.29, 1.82) is 0 Å². The van der Waals surface area contributed by atoms with Crippen LogP contribution in [-0.4, -0.2) is 81.4 Å². The van der Waals surface area contributed by atoms with Gasteiger partial charge in [-0.1, -0.05) is 38.1 Å². The average molecular weight is 516 g/mol. The third kappa shape index (κ3) is 6.54. The molecule has 2 unspecified atom stereocenters. The summed E-state index contributed by atoms with van der Waals surface area (Å²) in [5.74, 6) is 1.55. The summed E-state index contributed by atoms with van der Waals surface area (Å²) in [6.45, 7) is 13.8. The zero-order chi connectivity index (χ0) is 19.9. The predicted octanol–water partition coefficient (Wildman–Crippen LogP) is 2.92. The predicted molar refractivity (Wildman–Crippen MR) is 129 cm³/mol. The van der Waals surface area contributed by atoms with Crippen molar-refractivity contribution in [3.05, 3.63) is 35.4 Å². The molecule has 164 valence electrons. The fourth-order valence-corrected chi connectivity index (χ4v) is 4.20. The molecule has 29 heavy (non-hydrogen) atoms. The Hall–Kier alpha value is -0.900. The Morgan fingerprint density at radius 2 is 1.90 bits per heavy atom. The van der Waals surface area contributed by atoms with Gasteiger partial charge in [0, 0.05) is 39.3 Å². The number of guanidine groups is 1. The molecule has 1 aromatic carbocycles. The number of hydrogen-bond acceptors (Lipinski definition) is 4. The van der Waals surface area contributed by atoms with E-state index >= 15 is 0 Å². The maximum Gasteiger partial charge on any atom is 0.193 e. The highest BCUT2D eigenvalue weighted by Gasteiger charge is 2.27. The van der Waals surface area contributed by atoms with Crippen LogP contribution < -0.4 is 5.32 Å². The van der Waals surface area contributed by atoms with Crippen LogP contribution >= 0.6 is 24.0 Å². The number of aryl methyl sites for hydroxylation is 1. The number of nitrogens with zero attached hydrogens (tertiary/aromatic N) is 3. The number of morpholine rings is 2. The Morgan fingerprint density at radius 3 is 2.55 bits per heavy atom. The molecule has 2 fully saturated rings. The third-order valence-electron chi connectivity index (χ3n) is 5.87. The van der Waals surface area contributed by atoms with Gasteiger partial charge in [-0.15, -0.1) is 24.0 Å². The van der Waals surface area contributed by atoms with Crippen LogP contribution in [-0.2, 0) is 9.47 Å². The van der Waals surface area contributed by atoms with Crippen LogP contribution in [0.3, 0.4) is 0 Å². The summed E-state index contributed by atoms with van der Waals surface area (Å²) in [5.41, 5.74) is 2.56. The second-order valence-electron chi connectivity index (χ2n) is 8.05. The maximum atomic E-state index is 6.08. The van der Waals surface area contributed by atoms with Crippen molar-refractivity contribution in [2.24, 2.45) is 10.9 Å². The van der Waals surface area contributed by atoms with Crippen molar-refractivity contribution < 1.29 is 9.47 Å². The summed E-state index contributed by atoms with van der Waals surface area (Å²) in [6.07, 6.45) is 0.0913. The molecule has 0 spiro atoms. The standard InChI is InChI=1S/C22H36N4O2.HI/c1-17(2)20(25-9-12-27-13-10-25)15-24-22(23-4)26-11-14-28-21(16-26)19-8-6-5-7-18(19)3;/h5-8,17,20-21H,9-16H2,1-4H3,(H,23,24);1H. The van der Waals surface area contributed by atoms with E-state index in [0.29, 0.717) is 12.0 Å². The van der Waals surface area contributed by atoms with Gasteiger partial charge in [0.05, 0.1) is 26.4 Å². The van der Waals surface area contributed by atoms with Crippen molar-refractivity contribution in [2.45, 2.75) is 32.9 Å². The number of hydrogen-bond donors (Lipinski definition) is 1. The number of halogens is 1. The van der Waals surface area contributed by atoms with E-state index in [1.807, 2.05) is 7.05 Å². The van der Waals surface area contributed by atoms with Gasteiger partial charge in [0.2, 0.25) is 0 Å². The quantitative estimate of drug-likeness (QED) is 0.371. The molecule has 0 aromatic heterocycles. The molecule has 0 saturated carbocycles. The smallest absolute Gasteiger partial charge is 0.193 e. The zero-order valence-electron chi connectivity index (χ0n) is 18.3. The Bertz CT molecular complexity index is 649. The lowest BCUT2D eigenvalue weighted by Crippen LogP contribution is -2.54. The lowest BCUT2D eigenvalue weighted by molar-refractivity contribution is -0.00923. The van der Waals surface area contributed by atoms with Gasteiger partial charge < -0.3 is 19.7 Å². The normalized spacial score (nSPS) is 22.3. The van der Waals surface area contributed by atoms with E-state index in [2.05, 4.69) is 65.1 Å². The van der Waals surface area contributed by atoms with Gasteiger partial charge in [0.15, 0.2) is 5.96 Å². The fourth-order valence-electron chi connectivity index (χ4n) is 4.20. The van der Waals surface area contributed by atoms with E-state index in [-0.39, 0.29) is 30.1 Å². The number of rotatable bonds is 5. The molecule has 0 aliphatic carbocycles. The van der Waals surface area contributed by atoms with Crippen LogP contribution in [0.1, 0.15) is 31.1 Å². The number of ether oxygens (including phenoxy) is 2. The summed E-state index contributed by atoms with van der Waals surface area (Å²) in [6, 6.07) is 8.98. The van der Waals surface area contributed by atoms with Gasteiger partial charge in [-0.3, -0.25) is 9.89 Å². The molecule has 0 bridgehead atoms. The largest absolute Gasteiger partial charge is 0.379 e. The number of nitrogens with one attached hydrogen (secondary N) is 1. The first kappa shape index (κ1) is 24.4. The molecule has 2 aliphatic rings. The SMILES string of the molecule is CN=C(NCC(C(C)C)N1CCOCC1)N1CCOC(c2ccccc2C)C1.I. The van der Waals surface area contributed by atoms with Crippen molar-refractivity contribution in [1.82, 2.24) is 15.1 Å². The minimum atomic E-state index is 0. The van der Waals surface area contributed by atoms with Crippen molar-refractivity contribution in [3.8, 4) is 0 Å². The first-order chi connectivity index (χ1) is 13.6. The molecule has 2 aliphatic heterocycles. The lowest BCUT2D eigenvalue weighted by Gasteiger charge is -2.39. The molecule has 2 saturated heterocycles. The molecular weight excluding hydrogens is 479 g/mol. The van der Waals surface area contributed by atoms with Crippen LogP contribution in [0.2, 0.25) is 0 Å². The molecular formula is C22H37IN4O2. The van der Waals surface area contributed by atoms with E-state index in [4.69, 9.17) is 9.47 Å². The zero-order valence-corrected chi connectivity index (χ0v) is 20.6. The average Bonchev–Trinajstić information content (AvgIpc) is 2.72. The Labute approximate surface area is 193 Å². The molecule has 6 nitrogen and oxygen atoms in total. The van der Waals surface area contributed by atoms with Crippen molar-refractivity contribution in [3.63, 3.8) is 0 Å². The molecule has 0 radical (unpaired) electrons. The van der Waals surface area contributed by atoms with Gasteiger partial charge in [-0.2, -0.15) is 0 Å². The minimum absolute atomic E-state index is 0. The van der Waals surface area contributed by atoms with E-state index in [9.17, 15) is 0 Å².